The number of guanidine groups is 1. The minimum Gasteiger partial charge on any atom is -0.383 e. The molecular formula is C12H19N3OS. The number of nitrogens with two attached hydrogens (primary N) is 1. The average Bonchev–Trinajstić information content (AvgIpc) is 2.77. The number of aliphatic hydroxyl groups is 1. The fraction of sp³-hybridized carbons (Fsp3) is 0.417. The van der Waals surface area contributed by atoms with E-state index in [1.165, 1.54) is 0 Å². The van der Waals surface area contributed by atoms with Crippen LogP contribution < -0.4 is 11.1 Å². The highest BCUT2D eigenvalue weighted by molar-refractivity contribution is 7.08. The number of aliphatic imine (C=N–C) groups is 1. The van der Waals surface area contributed by atoms with Gasteiger partial charge in [-0.2, -0.15) is 11.3 Å². The van der Waals surface area contributed by atoms with Gasteiger partial charge in [0.2, 0.25) is 0 Å². The van der Waals surface area contributed by atoms with Gasteiger partial charge < -0.3 is 16.2 Å². The lowest BCUT2D eigenvalue weighted by molar-refractivity contribution is 0.0678. The van der Waals surface area contributed by atoms with E-state index in [9.17, 15) is 5.11 Å². The van der Waals surface area contributed by atoms with Crippen molar-refractivity contribution in [2.75, 3.05) is 13.1 Å². The van der Waals surface area contributed by atoms with Crippen molar-refractivity contribution in [2.24, 2.45) is 10.7 Å². The summed E-state index contributed by atoms with van der Waals surface area (Å²) in [5.74, 6) is 0.323. The molecule has 0 radical (unpaired) electrons. The molecule has 0 aromatic carbocycles. The number of hydrogen-bond donors (Lipinski definition) is 3. The van der Waals surface area contributed by atoms with E-state index < -0.39 is 5.60 Å². The van der Waals surface area contributed by atoms with Crippen LogP contribution in [0, 0.1) is 0 Å². The van der Waals surface area contributed by atoms with Gasteiger partial charge in [-0.3, -0.25) is 4.99 Å². The van der Waals surface area contributed by atoms with Crippen molar-refractivity contribution in [1.29, 1.82) is 0 Å². The second-order valence-corrected chi connectivity index (χ2v) is 5.08. The molecule has 0 aliphatic heterocycles. The number of thiophene rings is 1. The molecule has 94 valence electrons. The van der Waals surface area contributed by atoms with Gasteiger partial charge in [0.15, 0.2) is 5.96 Å². The Hall–Kier alpha value is -1.33. The van der Waals surface area contributed by atoms with E-state index in [0.29, 0.717) is 12.5 Å². The van der Waals surface area contributed by atoms with Crippen molar-refractivity contribution >= 4 is 17.3 Å². The predicted octanol–water partition coefficient (Wildman–Crippen LogP) is 1.44. The standard InChI is InChI=1S/C12H19N3OS/c1-9(2)6-14-11(13)15-8-12(3,16)10-4-5-17-7-10/h4-5,7,16H,1,6,8H2,2-3H3,(H3,13,14,15). The van der Waals surface area contributed by atoms with Gasteiger partial charge >= 0.3 is 0 Å². The molecular weight excluding hydrogens is 234 g/mol. The summed E-state index contributed by atoms with van der Waals surface area (Å²) < 4.78 is 0. The average molecular weight is 253 g/mol. The lowest BCUT2D eigenvalue weighted by Crippen LogP contribution is -2.35. The second kappa shape index (κ2) is 5.84. The van der Waals surface area contributed by atoms with Crippen LogP contribution >= 0.6 is 11.3 Å². The fourth-order valence-electron chi connectivity index (χ4n) is 1.20. The molecule has 0 saturated carbocycles. The molecule has 0 aliphatic carbocycles. The molecule has 1 heterocycles. The Labute approximate surface area is 106 Å². The van der Waals surface area contributed by atoms with E-state index in [1.807, 2.05) is 23.8 Å². The van der Waals surface area contributed by atoms with Crippen molar-refractivity contribution in [1.82, 2.24) is 5.32 Å². The molecule has 1 aromatic heterocycles. The summed E-state index contributed by atoms with van der Waals surface area (Å²) >= 11 is 1.55. The molecule has 4 N–H and O–H groups in total. The van der Waals surface area contributed by atoms with Crippen molar-refractivity contribution in [3.63, 3.8) is 0 Å². The summed E-state index contributed by atoms with van der Waals surface area (Å²) in [6, 6.07) is 1.89. The van der Waals surface area contributed by atoms with Gasteiger partial charge in [0, 0.05) is 6.54 Å². The Morgan fingerprint density at radius 2 is 2.41 bits per heavy atom. The molecule has 17 heavy (non-hydrogen) atoms. The molecule has 0 amide bonds. The zero-order valence-corrected chi connectivity index (χ0v) is 11.0. The lowest BCUT2D eigenvalue weighted by Gasteiger charge is -2.20. The lowest BCUT2D eigenvalue weighted by atomic mass is 10.00. The fourth-order valence-corrected chi connectivity index (χ4v) is 1.98. The third-order valence-corrected chi connectivity index (χ3v) is 2.95. The molecule has 1 atom stereocenters. The largest absolute Gasteiger partial charge is 0.383 e. The Bertz CT molecular complexity index is 396. The first-order chi connectivity index (χ1) is 7.92. The van der Waals surface area contributed by atoms with E-state index in [0.717, 1.165) is 11.1 Å². The SMILES string of the molecule is C=C(C)CNC(N)=NCC(C)(O)c1ccsc1. The zero-order chi connectivity index (χ0) is 12.9. The Balaban J connectivity index is 2.54. The maximum Gasteiger partial charge on any atom is 0.188 e. The molecule has 0 spiro atoms. The normalized spacial score (nSPS) is 15.4. The predicted molar refractivity (Wildman–Crippen MR) is 73.2 cm³/mol. The van der Waals surface area contributed by atoms with Gasteiger partial charge in [-0.05, 0) is 36.2 Å². The first-order valence-corrected chi connectivity index (χ1v) is 6.29. The maximum absolute atomic E-state index is 10.2. The maximum atomic E-state index is 10.2. The molecule has 0 aliphatic rings. The highest BCUT2D eigenvalue weighted by atomic mass is 32.1. The smallest absolute Gasteiger partial charge is 0.188 e. The minimum atomic E-state index is -0.977. The van der Waals surface area contributed by atoms with Gasteiger partial charge in [-0.15, -0.1) is 0 Å². The van der Waals surface area contributed by atoms with Crippen LogP contribution in [0.3, 0.4) is 0 Å². The van der Waals surface area contributed by atoms with E-state index in [-0.39, 0.29) is 6.54 Å². The van der Waals surface area contributed by atoms with Crippen LogP contribution in [0.4, 0.5) is 0 Å². The summed E-state index contributed by atoms with van der Waals surface area (Å²) in [7, 11) is 0. The number of nitrogens with zero attached hydrogens (tertiary/aromatic N) is 1. The minimum absolute atomic E-state index is 0.235. The summed E-state index contributed by atoms with van der Waals surface area (Å²) in [5, 5.41) is 17.0. The second-order valence-electron chi connectivity index (χ2n) is 4.30. The molecule has 0 saturated heterocycles. The quantitative estimate of drug-likeness (QED) is 0.422. The first-order valence-electron chi connectivity index (χ1n) is 5.35. The van der Waals surface area contributed by atoms with Gasteiger partial charge in [0.25, 0.3) is 0 Å². The van der Waals surface area contributed by atoms with Gasteiger partial charge in [0.05, 0.1) is 6.54 Å². The summed E-state index contributed by atoms with van der Waals surface area (Å²) in [5.41, 5.74) is 6.53. The van der Waals surface area contributed by atoms with E-state index in [1.54, 1.807) is 18.3 Å². The Morgan fingerprint density at radius 1 is 1.71 bits per heavy atom. The Kier molecular flexibility index (Phi) is 4.72. The number of hydrogen-bond acceptors (Lipinski definition) is 3. The van der Waals surface area contributed by atoms with E-state index in [2.05, 4.69) is 16.9 Å². The summed E-state index contributed by atoms with van der Waals surface area (Å²) in [4.78, 5) is 4.12. The first kappa shape index (κ1) is 13.7. The van der Waals surface area contributed by atoms with Crippen LogP contribution in [0.2, 0.25) is 0 Å². The molecule has 0 bridgehead atoms. The summed E-state index contributed by atoms with van der Waals surface area (Å²) in [6.07, 6.45) is 0. The molecule has 1 rings (SSSR count). The zero-order valence-electron chi connectivity index (χ0n) is 10.2. The molecule has 5 heteroatoms. The van der Waals surface area contributed by atoms with Crippen molar-refractivity contribution in [2.45, 2.75) is 19.4 Å². The highest BCUT2D eigenvalue weighted by Gasteiger charge is 2.22. The molecule has 1 aromatic rings. The monoisotopic (exact) mass is 253 g/mol. The van der Waals surface area contributed by atoms with Crippen molar-refractivity contribution in [3.8, 4) is 0 Å². The summed E-state index contributed by atoms with van der Waals surface area (Å²) in [6.45, 7) is 8.21. The molecule has 1 unspecified atom stereocenters. The van der Waals surface area contributed by atoms with E-state index in [4.69, 9.17) is 5.73 Å². The third-order valence-electron chi connectivity index (χ3n) is 2.27. The number of nitrogens with one attached hydrogen (secondary N) is 1. The van der Waals surface area contributed by atoms with Gasteiger partial charge in [-0.25, -0.2) is 0 Å². The van der Waals surface area contributed by atoms with Crippen LogP contribution in [0.5, 0.6) is 0 Å². The van der Waals surface area contributed by atoms with Crippen LogP contribution in [-0.2, 0) is 5.60 Å². The Morgan fingerprint density at radius 3 is 2.94 bits per heavy atom. The van der Waals surface area contributed by atoms with Crippen LogP contribution in [0.15, 0.2) is 34.0 Å². The topological polar surface area (TPSA) is 70.6 Å². The van der Waals surface area contributed by atoms with Crippen LogP contribution in [0.25, 0.3) is 0 Å². The van der Waals surface area contributed by atoms with Gasteiger partial charge in [-0.1, -0.05) is 12.2 Å². The highest BCUT2D eigenvalue weighted by Crippen LogP contribution is 2.22. The number of rotatable bonds is 5. The third kappa shape index (κ3) is 4.58. The van der Waals surface area contributed by atoms with Crippen LogP contribution in [-0.4, -0.2) is 24.2 Å². The van der Waals surface area contributed by atoms with Gasteiger partial charge in [0.1, 0.15) is 5.60 Å². The van der Waals surface area contributed by atoms with E-state index >= 15 is 0 Å². The van der Waals surface area contributed by atoms with Crippen molar-refractivity contribution in [3.05, 3.63) is 34.5 Å². The molecule has 0 fully saturated rings. The van der Waals surface area contributed by atoms with Crippen molar-refractivity contribution < 1.29 is 5.11 Å². The molecule has 4 nitrogen and oxygen atoms in total. The van der Waals surface area contributed by atoms with Crippen LogP contribution in [0.1, 0.15) is 19.4 Å².